The van der Waals surface area contributed by atoms with Gasteiger partial charge < -0.3 is 24.2 Å². The summed E-state index contributed by atoms with van der Waals surface area (Å²) in [5.74, 6) is 1.82. The van der Waals surface area contributed by atoms with Crippen LogP contribution in [0.2, 0.25) is 0 Å². The largest absolute Gasteiger partial charge is 0.497 e. The molecule has 0 saturated carbocycles. The second-order valence-corrected chi connectivity index (χ2v) is 7.90. The van der Waals surface area contributed by atoms with Crippen LogP contribution in [0.25, 0.3) is 0 Å². The van der Waals surface area contributed by atoms with E-state index in [2.05, 4.69) is 48.2 Å². The van der Waals surface area contributed by atoms with Gasteiger partial charge in [0.25, 0.3) is 0 Å². The van der Waals surface area contributed by atoms with E-state index in [-0.39, 0.29) is 5.91 Å². The molecule has 3 rings (SSSR count). The normalized spacial score (nSPS) is 14.1. The lowest BCUT2D eigenvalue weighted by Crippen LogP contribution is -2.48. The minimum Gasteiger partial charge on any atom is -0.497 e. The van der Waals surface area contributed by atoms with Crippen LogP contribution < -0.4 is 14.4 Å². The first-order valence-electron chi connectivity index (χ1n) is 10.6. The fourth-order valence-corrected chi connectivity index (χ4v) is 3.67. The number of methoxy groups -OCH3 is 1. The number of hydrogen-bond acceptors (Lipinski definition) is 5. The minimum atomic E-state index is 0.217. The topological polar surface area (TPSA) is 45.3 Å². The van der Waals surface area contributed by atoms with Crippen LogP contribution in [-0.4, -0.2) is 69.7 Å². The van der Waals surface area contributed by atoms with Crippen molar-refractivity contribution >= 4 is 11.6 Å². The summed E-state index contributed by atoms with van der Waals surface area (Å²) in [7, 11) is 5.81. The van der Waals surface area contributed by atoms with Gasteiger partial charge in [-0.25, -0.2) is 0 Å². The lowest BCUT2D eigenvalue weighted by Gasteiger charge is -2.36. The summed E-state index contributed by atoms with van der Waals surface area (Å²) in [6.07, 6.45) is 1.24. The van der Waals surface area contributed by atoms with E-state index in [9.17, 15) is 4.79 Å². The average molecular weight is 412 g/mol. The van der Waals surface area contributed by atoms with E-state index in [1.54, 1.807) is 7.11 Å². The molecule has 0 unspecified atom stereocenters. The molecule has 1 heterocycles. The Morgan fingerprint density at radius 1 is 1.00 bits per heavy atom. The van der Waals surface area contributed by atoms with Gasteiger partial charge in [-0.1, -0.05) is 12.1 Å². The molecule has 0 aliphatic carbocycles. The molecule has 0 bridgehead atoms. The van der Waals surface area contributed by atoms with Crippen LogP contribution >= 0.6 is 0 Å². The molecule has 1 fully saturated rings. The number of amides is 1. The van der Waals surface area contributed by atoms with Crippen molar-refractivity contribution in [3.05, 3.63) is 54.1 Å². The summed E-state index contributed by atoms with van der Waals surface area (Å²) in [6.45, 7) is 4.77. The fraction of sp³-hybridized carbons (Fsp3) is 0.458. The number of ether oxygens (including phenoxy) is 2. The van der Waals surface area contributed by atoms with Gasteiger partial charge in [-0.15, -0.1) is 0 Å². The van der Waals surface area contributed by atoms with Crippen LogP contribution in [0.15, 0.2) is 48.5 Å². The van der Waals surface area contributed by atoms with Gasteiger partial charge in [-0.2, -0.15) is 0 Å². The maximum atomic E-state index is 12.5. The third-order valence-electron chi connectivity index (χ3n) is 5.27. The van der Waals surface area contributed by atoms with Gasteiger partial charge in [0.15, 0.2) is 0 Å². The van der Waals surface area contributed by atoms with Crippen LogP contribution in [0.1, 0.15) is 18.4 Å². The van der Waals surface area contributed by atoms with E-state index in [0.29, 0.717) is 13.0 Å². The van der Waals surface area contributed by atoms with Crippen molar-refractivity contribution < 1.29 is 14.3 Å². The lowest BCUT2D eigenvalue weighted by atomic mass is 10.1. The molecule has 1 aliphatic rings. The van der Waals surface area contributed by atoms with Gasteiger partial charge in [0.1, 0.15) is 11.5 Å². The van der Waals surface area contributed by atoms with Crippen LogP contribution in [-0.2, 0) is 11.3 Å². The number of piperazine rings is 1. The standard InChI is InChI=1S/C24H33N3O3/c1-25(2)19-20-6-4-7-21(18-20)26-13-15-27(16-14-26)24(28)8-5-17-30-23-11-9-22(29-3)10-12-23/h4,6-7,9-12,18H,5,8,13-17,19H2,1-3H3. The maximum absolute atomic E-state index is 12.5. The van der Waals surface area contributed by atoms with Gasteiger partial charge >= 0.3 is 0 Å². The van der Waals surface area contributed by atoms with Crippen molar-refractivity contribution in [1.82, 2.24) is 9.80 Å². The zero-order chi connectivity index (χ0) is 21.3. The van der Waals surface area contributed by atoms with E-state index in [1.165, 1.54) is 11.3 Å². The Hall–Kier alpha value is -2.73. The zero-order valence-electron chi connectivity index (χ0n) is 18.3. The van der Waals surface area contributed by atoms with Crippen LogP contribution in [0, 0.1) is 0 Å². The van der Waals surface area contributed by atoms with Gasteiger partial charge in [0.05, 0.1) is 13.7 Å². The highest BCUT2D eigenvalue weighted by atomic mass is 16.5. The monoisotopic (exact) mass is 411 g/mol. The molecule has 0 atom stereocenters. The average Bonchev–Trinajstić information content (AvgIpc) is 2.77. The molecule has 162 valence electrons. The Balaban J connectivity index is 1.38. The predicted molar refractivity (Wildman–Crippen MR) is 120 cm³/mol. The van der Waals surface area contributed by atoms with Crippen LogP contribution in [0.4, 0.5) is 5.69 Å². The lowest BCUT2D eigenvalue weighted by molar-refractivity contribution is -0.131. The number of carbonyl (C=O) groups is 1. The third-order valence-corrected chi connectivity index (χ3v) is 5.27. The van der Waals surface area contributed by atoms with Crippen molar-refractivity contribution in [1.29, 1.82) is 0 Å². The molecule has 2 aromatic carbocycles. The van der Waals surface area contributed by atoms with Gasteiger partial charge in [-0.3, -0.25) is 4.79 Å². The van der Waals surface area contributed by atoms with Crippen molar-refractivity contribution in [3.63, 3.8) is 0 Å². The molecular formula is C24H33N3O3. The van der Waals surface area contributed by atoms with E-state index in [1.807, 2.05) is 29.2 Å². The van der Waals surface area contributed by atoms with Crippen molar-refractivity contribution in [2.24, 2.45) is 0 Å². The summed E-state index contributed by atoms with van der Waals surface area (Å²) < 4.78 is 10.9. The summed E-state index contributed by atoms with van der Waals surface area (Å²) in [6, 6.07) is 16.2. The Kier molecular flexibility index (Phi) is 7.97. The van der Waals surface area contributed by atoms with Gasteiger partial charge in [-0.05, 0) is 62.5 Å². The van der Waals surface area contributed by atoms with E-state index in [0.717, 1.165) is 50.6 Å². The highest BCUT2D eigenvalue weighted by Gasteiger charge is 2.21. The van der Waals surface area contributed by atoms with Crippen molar-refractivity contribution in [2.75, 3.05) is 58.9 Å². The number of anilines is 1. The van der Waals surface area contributed by atoms with Crippen LogP contribution in [0.5, 0.6) is 11.5 Å². The van der Waals surface area contributed by atoms with E-state index < -0.39 is 0 Å². The quantitative estimate of drug-likeness (QED) is 0.593. The molecule has 1 saturated heterocycles. The molecule has 1 aliphatic heterocycles. The Morgan fingerprint density at radius 2 is 1.70 bits per heavy atom. The highest BCUT2D eigenvalue weighted by molar-refractivity contribution is 5.76. The number of benzene rings is 2. The second-order valence-electron chi connectivity index (χ2n) is 7.90. The Bertz CT molecular complexity index is 800. The highest BCUT2D eigenvalue weighted by Crippen LogP contribution is 2.20. The molecule has 30 heavy (non-hydrogen) atoms. The van der Waals surface area contributed by atoms with Crippen molar-refractivity contribution in [3.8, 4) is 11.5 Å². The number of rotatable bonds is 9. The minimum absolute atomic E-state index is 0.217. The summed E-state index contributed by atoms with van der Waals surface area (Å²) in [5, 5.41) is 0. The molecule has 2 aromatic rings. The first-order chi connectivity index (χ1) is 14.5. The summed E-state index contributed by atoms with van der Waals surface area (Å²) in [5.41, 5.74) is 2.56. The number of hydrogen-bond donors (Lipinski definition) is 0. The molecular weight excluding hydrogens is 378 g/mol. The van der Waals surface area contributed by atoms with E-state index in [4.69, 9.17) is 9.47 Å². The van der Waals surface area contributed by atoms with Gasteiger partial charge in [0.2, 0.25) is 5.91 Å². The molecule has 0 N–H and O–H groups in total. The third kappa shape index (κ3) is 6.39. The number of nitrogens with zero attached hydrogens (tertiary/aromatic N) is 3. The Labute approximate surface area is 180 Å². The first-order valence-corrected chi connectivity index (χ1v) is 10.6. The smallest absolute Gasteiger partial charge is 0.222 e. The zero-order valence-corrected chi connectivity index (χ0v) is 18.3. The molecule has 0 spiro atoms. The van der Waals surface area contributed by atoms with Crippen molar-refractivity contribution in [2.45, 2.75) is 19.4 Å². The molecule has 6 nitrogen and oxygen atoms in total. The van der Waals surface area contributed by atoms with E-state index >= 15 is 0 Å². The summed E-state index contributed by atoms with van der Waals surface area (Å²) in [4.78, 5) is 19.1. The fourth-order valence-electron chi connectivity index (χ4n) is 3.67. The SMILES string of the molecule is COc1ccc(OCCCC(=O)N2CCN(c3cccc(CN(C)C)c3)CC2)cc1. The molecule has 0 aromatic heterocycles. The first kappa shape index (κ1) is 22.0. The number of carbonyl (C=O) groups excluding carboxylic acids is 1. The summed E-state index contributed by atoms with van der Waals surface area (Å²) >= 11 is 0. The molecule has 1 amide bonds. The predicted octanol–water partition coefficient (Wildman–Crippen LogP) is 3.26. The van der Waals surface area contributed by atoms with Gasteiger partial charge in [0, 0.05) is 44.8 Å². The molecule has 6 heteroatoms. The molecule has 0 radical (unpaired) electrons. The van der Waals surface area contributed by atoms with Crippen LogP contribution in [0.3, 0.4) is 0 Å². The Morgan fingerprint density at radius 3 is 2.37 bits per heavy atom. The maximum Gasteiger partial charge on any atom is 0.222 e. The second kappa shape index (κ2) is 10.9.